The Hall–Kier alpha value is -2.15. The summed E-state index contributed by atoms with van der Waals surface area (Å²) in [7, 11) is 1.83. The van der Waals surface area contributed by atoms with Crippen LogP contribution in [0.3, 0.4) is 0 Å². The second-order valence-electron chi connectivity index (χ2n) is 5.48. The lowest BCUT2D eigenvalue weighted by molar-refractivity contribution is -0.142. The van der Waals surface area contributed by atoms with E-state index >= 15 is 0 Å². The van der Waals surface area contributed by atoms with Crippen LogP contribution in [-0.2, 0) is 16.9 Å². The fourth-order valence-corrected chi connectivity index (χ4v) is 2.96. The molecule has 21 heavy (non-hydrogen) atoms. The second kappa shape index (κ2) is 5.69. The molecule has 0 atom stereocenters. The van der Waals surface area contributed by atoms with Gasteiger partial charge < -0.3 is 10.2 Å². The van der Waals surface area contributed by atoms with E-state index in [1.54, 1.807) is 17.3 Å². The molecule has 1 aliphatic rings. The minimum Gasteiger partial charge on any atom is -0.338 e. The monoisotopic (exact) mass is 288 g/mol. The minimum atomic E-state index is -0.580. The first-order valence-electron chi connectivity index (χ1n) is 7.17. The van der Waals surface area contributed by atoms with Crippen LogP contribution in [0.2, 0.25) is 0 Å². The molecule has 3 rings (SSSR count). The van der Waals surface area contributed by atoms with E-state index in [2.05, 4.69) is 20.6 Å². The third-order valence-electron chi connectivity index (χ3n) is 4.08. The lowest BCUT2D eigenvalue weighted by atomic mass is 9.87. The number of hydrogen-bond donors (Lipinski definition) is 2. The van der Waals surface area contributed by atoms with Crippen LogP contribution in [0, 0.1) is 0 Å². The normalized spacial score (nSPS) is 17.6. The first kappa shape index (κ1) is 13.8. The van der Waals surface area contributed by atoms with Crippen LogP contribution >= 0.6 is 0 Å². The molecule has 0 saturated carbocycles. The number of piperidine rings is 1. The number of H-pyrrole nitrogens is 1. The standard InChI is InChI=1S/C14H20N6O/c1-19(11-12-3-7-16-18-12)13(21)14(4-8-15-9-5-14)20-10-2-6-17-20/h2-3,6-7,10,15H,4-5,8-9,11H2,1H3,(H,16,18). The maximum atomic E-state index is 13.0. The molecular weight excluding hydrogens is 268 g/mol. The molecule has 1 fully saturated rings. The van der Waals surface area contributed by atoms with Crippen molar-refractivity contribution in [2.45, 2.75) is 24.9 Å². The molecule has 0 aromatic carbocycles. The predicted molar refractivity (Wildman–Crippen MR) is 77.4 cm³/mol. The molecule has 1 aliphatic heterocycles. The molecule has 112 valence electrons. The van der Waals surface area contributed by atoms with Crippen LogP contribution < -0.4 is 5.32 Å². The number of aromatic amines is 1. The summed E-state index contributed by atoms with van der Waals surface area (Å²) in [5.74, 6) is 0.0994. The van der Waals surface area contributed by atoms with E-state index in [1.807, 2.05) is 30.1 Å². The number of amides is 1. The van der Waals surface area contributed by atoms with Gasteiger partial charge >= 0.3 is 0 Å². The van der Waals surface area contributed by atoms with Gasteiger partial charge in [0.05, 0.1) is 12.2 Å². The number of aromatic nitrogens is 4. The third kappa shape index (κ3) is 2.56. The molecule has 0 unspecified atom stereocenters. The number of likely N-dealkylation sites (N-methyl/N-ethyl adjacent to an activating group) is 1. The maximum Gasteiger partial charge on any atom is 0.250 e. The number of hydrogen-bond acceptors (Lipinski definition) is 4. The van der Waals surface area contributed by atoms with Gasteiger partial charge in [-0.1, -0.05) is 0 Å². The molecule has 3 heterocycles. The molecule has 2 N–H and O–H groups in total. The molecule has 0 radical (unpaired) electrons. The number of carbonyl (C=O) groups is 1. The first-order valence-corrected chi connectivity index (χ1v) is 7.17. The highest BCUT2D eigenvalue weighted by molar-refractivity contribution is 5.84. The highest BCUT2D eigenvalue weighted by atomic mass is 16.2. The van der Waals surface area contributed by atoms with E-state index < -0.39 is 5.54 Å². The highest BCUT2D eigenvalue weighted by Crippen LogP contribution is 2.29. The van der Waals surface area contributed by atoms with Gasteiger partial charge in [0.25, 0.3) is 5.91 Å². The van der Waals surface area contributed by atoms with E-state index in [9.17, 15) is 4.79 Å². The number of nitrogens with one attached hydrogen (secondary N) is 2. The zero-order valence-corrected chi connectivity index (χ0v) is 12.1. The topological polar surface area (TPSA) is 78.8 Å². The SMILES string of the molecule is CN(Cc1ccn[nH]1)C(=O)C1(n2cccn2)CCNCC1. The van der Waals surface area contributed by atoms with Crippen molar-refractivity contribution in [3.05, 3.63) is 36.4 Å². The summed E-state index contributed by atoms with van der Waals surface area (Å²) < 4.78 is 1.82. The van der Waals surface area contributed by atoms with Crippen LogP contribution in [0.25, 0.3) is 0 Å². The lowest BCUT2D eigenvalue weighted by Crippen LogP contribution is -2.54. The van der Waals surface area contributed by atoms with Crippen molar-refractivity contribution in [2.75, 3.05) is 20.1 Å². The van der Waals surface area contributed by atoms with Crippen molar-refractivity contribution in [1.82, 2.24) is 30.2 Å². The predicted octanol–water partition coefficient (Wildman–Crippen LogP) is 0.343. The van der Waals surface area contributed by atoms with Crippen LogP contribution in [0.5, 0.6) is 0 Å². The van der Waals surface area contributed by atoms with Crippen molar-refractivity contribution in [3.63, 3.8) is 0 Å². The van der Waals surface area contributed by atoms with Gasteiger partial charge in [0.2, 0.25) is 0 Å². The van der Waals surface area contributed by atoms with Gasteiger partial charge in [0.1, 0.15) is 5.54 Å². The minimum absolute atomic E-state index is 0.0994. The zero-order valence-electron chi connectivity index (χ0n) is 12.1. The summed E-state index contributed by atoms with van der Waals surface area (Å²) in [6.07, 6.45) is 6.81. The molecule has 2 aromatic heterocycles. The Morgan fingerprint density at radius 2 is 2.24 bits per heavy atom. The average molecular weight is 288 g/mol. The molecule has 2 aromatic rings. The number of rotatable bonds is 4. The fraction of sp³-hybridized carbons (Fsp3) is 0.500. The Bertz CT molecular complexity index is 571. The summed E-state index contributed by atoms with van der Waals surface area (Å²) >= 11 is 0. The zero-order chi connectivity index (χ0) is 14.7. The highest BCUT2D eigenvalue weighted by Gasteiger charge is 2.43. The lowest BCUT2D eigenvalue weighted by Gasteiger charge is -2.39. The van der Waals surface area contributed by atoms with E-state index in [4.69, 9.17) is 0 Å². The van der Waals surface area contributed by atoms with Gasteiger partial charge in [0.15, 0.2) is 0 Å². The Morgan fingerprint density at radius 3 is 2.86 bits per heavy atom. The maximum absolute atomic E-state index is 13.0. The van der Waals surface area contributed by atoms with E-state index in [1.165, 1.54) is 0 Å². The molecule has 7 nitrogen and oxygen atoms in total. The fourth-order valence-electron chi connectivity index (χ4n) is 2.96. The Morgan fingerprint density at radius 1 is 1.43 bits per heavy atom. The van der Waals surface area contributed by atoms with Crippen LogP contribution in [-0.4, -0.2) is 50.9 Å². The quantitative estimate of drug-likeness (QED) is 0.850. The summed E-state index contributed by atoms with van der Waals surface area (Å²) in [5, 5.41) is 14.5. The summed E-state index contributed by atoms with van der Waals surface area (Å²) in [4.78, 5) is 14.8. The molecule has 0 aliphatic carbocycles. The van der Waals surface area contributed by atoms with Crippen molar-refractivity contribution in [2.24, 2.45) is 0 Å². The van der Waals surface area contributed by atoms with Gasteiger partial charge in [-0.15, -0.1) is 0 Å². The molecule has 1 amide bonds. The van der Waals surface area contributed by atoms with Gasteiger partial charge in [-0.25, -0.2) is 0 Å². The largest absolute Gasteiger partial charge is 0.338 e. The number of carbonyl (C=O) groups excluding carboxylic acids is 1. The molecule has 0 spiro atoms. The summed E-state index contributed by atoms with van der Waals surface area (Å²) in [6, 6.07) is 3.75. The van der Waals surface area contributed by atoms with E-state index in [0.29, 0.717) is 6.54 Å². The Labute approximate surface area is 123 Å². The molecular formula is C14H20N6O. The Kier molecular flexibility index (Phi) is 3.74. The second-order valence-corrected chi connectivity index (χ2v) is 5.48. The van der Waals surface area contributed by atoms with Crippen LogP contribution in [0.1, 0.15) is 18.5 Å². The number of nitrogens with zero attached hydrogens (tertiary/aromatic N) is 4. The third-order valence-corrected chi connectivity index (χ3v) is 4.08. The molecule has 0 bridgehead atoms. The summed E-state index contributed by atoms with van der Waals surface area (Å²) in [5.41, 5.74) is 0.346. The van der Waals surface area contributed by atoms with Crippen molar-refractivity contribution >= 4 is 5.91 Å². The van der Waals surface area contributed by atoms with Crippen molar-refractivity contribution < 1.29 is 4.79 Å². The Balaban J connectivity index is 1.84. The van der Waals surface area contributed by atoms with E-state index in [-0.39, 0.29) is 5.91 Å². The van der Waals surface area contributed by atoms with Gasteiger partial charge in [-0.3, -0.25) is 14.6 Å². The van der Waals surface area contributed by atoms with Gasteiger partial charge in [-0.05, 0) is 38.1 Å². The van der Waals surface area contributed by atoms with Crippen LogP contribution in [0.4, 0.5) is 0 Å². The smallest absolute Gasteiger partial charge is 0.250 e. The van der Waals surface area contributed by atoms with Gasteiger partial charge in [0, 0.05) is 25.6 Å². The van der Waals surface area contributed by atoms with Crippen molar-refractivity contribution in [3.8, 4) is 0 Å². The molecule has 1 saturated heterocycles. The molecule has 7 heteroatoms. The van der Waals surface area contributed by atoms with Gasteiger partial charge in [-0.2, -0.15) is 10.2 Å². The van der Waals surface area contributed by atoms with Crippen molar-refractivity contribution in [1.29, 1.82) is 0 Å². The van der Waals surface area contributed by atoms with E-state index in [0.717, 1.165) is 31.6 Å². The average Bonchev–Trinajstić information content (AvgIpc) is 3.20. The summed E-state index contributed by atoms with van der Waals surface area (Å²) in [6.45, 7) is 2.17. The van der Waals surface area contributed by atoms with Crippen LogP contribution in [0.15, 0.2) is 30.7 Å². The first-order chi connectivity index (χ1) is 10.2.